The van der Waals surface area contributed by atoms with Crippen molar-refractivity contribution in [3.63, 3.8) is 0 Å². The molecule has 0 aromatic rings. The lowest BCUT2D eigenvalue weighted by atomic mass is 10.0. The zero-order valence-electron chi connectivity index (χ0n) is 6.82. The van der Waals surface area contributed by atoms with E-state index in [1.807, 2.05) is 0 Å². The van der Waals surface area contributed by atoms with Crippen LogP contribution < -0.4 is 5.73 Å². The maximum Gasteiger partial charge on any atom is 0.312 e. The minimum Gasteiger partial charge on any atom is -0.469 e. The number of ether oxygens (including phenoxy) is 1. The van der Waals surface area contributed by atoms with Gasteiger partial charge in [0, 0.05) is 0 Å². The molecule has 0 radical (unpaired) electrons. The Labute approximate surface area is 70.4 Å². The molecule has 12 heavy (non-hydrogen) atoms. The van der Waals surface area contributed by atoms with Gasteiger partial charge in [0.2, 0.25) is 5.91 Å². The summed E-state index contributed by atoms with van der Waals surface area (Å²) in [4.78, 5) is 21.6. The molecule has 0 unspecified atom stereocenters. The summed E-state index contributed by atoms with van der Waals surface area (Å²) in [5.41, 5.74) is 5.06. The molecule has 1 aliphatic carbocycles. The van der Waals surface area contributed by atoms with Gasteiger partial charge in [0.15, 0.2) is 0 Å². The van der Waals surface area contributed by atoms with Crippen LogP contribution in [-0.2, 0) is 14.3 Å². The molecule has 0 saturated carbocycles. The molecule has 0 aromatic heterocycles. The summed E-state index contributed by atoms with van der Waals surface area (Å²) in [5, 5.41) is 0. The molecule has 0 bridgehead atoms. The fourth-order valence-corrected chi connectivity index (χ4v) is 1.24. The second-order valence-electron chi connectivity index (χ2n) is 2.76. The number of hydrogen-bond donors (Lipinski definition) is 1. The summed E-state index contributed by atoms with van der Waals surface area (Å²) in [7, 11) is 1.33. The van der Waals surface area contributed by atoms with Crippen molar-refractivity contribution in [2.45, 2.75) is 6.42 Å². The maximum absolute atomic E-state index is 11.0. The lowest BCUT2D eigenvalue weighted by Crippen LogP contribution is -2.22. The van der Waals surface area contributed by atoms with E-state index in [0.717, 1.165) is 0 Å². The minimum absolute atomic E-state index is 0.299. The van der Waals surface area contributed by atoms with Gasteiger partial charge in [-0.2, -0.15) is 0 Å². The van der Waals surface area contributed by atoms with E-state index in [2.05, 4.69) is 4.74 Å². The van der Waals surface area contributed by atoms with Gasteiger partial charge >= 0.3 is 5.97 Å². The largest absolute Gasteiger partial charge is 0.469 e. The summed E-state index contributed by atoms with van der Waals surface area (Å²) in [6.45, 7) is 0. The third kappa shape index (κ3) is 1.64. The highest BCUT2D eigenvalue weighted by atomic mass is 16.5. The first kappa shape index (κ1) is 8.77. The van der Waals surface area contributed by atoms with Crippen LogP contribution in [-0.4, -0.2) is 19.0 Å². The van der Waals surface area contributed by atoms with E-state index >= 15 is 0 Å². The number of nitrogens with two attached hydrogens (primary N) is 1. The molecule has 0 fully saturated rings. The summed E-state index contributed by atoms with van der Waals surface area (Å²) in [6, 6.07) is 0. The van der Waals surface area contributed by atoms with E-state index in [1.165, 1.54) is 7.11 Å². The van der Waals surface area contributed by atoms with Crippen molar-refractivity contribution in [3.8, 4) is 0 Å². The van der Waals surface area contributed by atoms with Crippen LogP contribution in [0.3, 0.4) is 0 Å². The first-order chi connectivity index (χ1) is 5.65. The van der Waals surface area contributed by atoms with Crippen LogP contribution in [0.5, 0.6) is 0 Å². The average molecular weight is 169 g/mol. The lowest BCUT2D eigenvalue weighted by Gasteiger charge is -2.06. The van der Waals surface area contributed by atoms with Gasteiger partial charge in [-0.1, -0.05) is 12.2 Å². The predicted octanol–water partition coefficient (Wildman–Crippen LogP) is -0.163. The molecule has 0 spiro atoms. The Morgan fingerprint density at radius 2 is 2.00 bits per heavy atom. The molecule has 2 N–H and O–H groups in total. The van der Waals surface area contributed by atoms with Crippen molar-refractivity contribution >= 4 is 11.9 Å². The normalized spacial score (nSPS) is 27.1. The SMILES string of the molecule is COC(=O)[C@H]1C=C[C@@H](C(N)=O)C1. The second-order valence-corrected chi connectivity index (χ2v) is 2.76. The van der Waals surface area contributed by atoms with E-state index in [9.17, 15) is 9.59 Å². The average Bonchev–Trinajstić information content (AvgIpc) is 2.51. The molecule has 1 amide bonds. The summed E-state index contributed by atoms with van der Waals surface area (Å²) >= 11 is 0. The fourth-order valence-electron chi connectivity index (χ4n) is 1.24. The third-order valence-electron chi connectivity index (χ3n) is 1.95. The van der Waals surface area contributed by atoms with Crippen LogP contribution >= 0.6 is 0 Å². The van der Waals surface area contributed by atoms with Crippen LogP contribution in [0, 0.1) is 11.8 Å². The molecule has 0 aromatic carbocycles. The number of amides is 1. The number of methoxy groups -OCH3 is 1. The number of carbonyl (C=O) groups excluding carboxylic acids is 2. The topological polar surface area (TPSA) is 69.4 Å². The van der Waals surface area contributed by atoms with Crippen LogP contribution in [0.2, 0.25) is 0 Å². The number of rotatable bonds is 2. The van der Waals surface area contributed by atoms with Crippen molar-refractivity contribution in [1.29, 1.82) is 0 Å². The zero-order chi connectivity index (χ0) is 9.14. The van der Waals surface area contributed by atoms with E-state index in [1.54, 1.807) is 12.2 Å². The van der Waals surface area contributed by atoms with Crippen molar-refractivity contribution in [2.24, 2.45) is 17.6 Å². The van der Waals surface area contributed by atoms with Gasteiger partial charge < -0.3 is 10.5 Å². The molecule has 2 atom stereocenters. The van der Waals surface area contributed by atoms with E-state index in [0.29, 0.717) is 6.42 Å². The molecule has 4 nitrogen and oxygen atoms in total. The van der Waals surface area contributed by atoms with Crippen LogP contribution in [0.4, 0.5) is 0 Å². The third-order valence-corrected chi connectivity index (χ3v) is 1.95. The summed E-state index contributed by atoms with van der Waals surface area (Å²) in [5.74, 6) is -1.31. The Morgan fingerprint density at radius 1 is 1.42 bits per heavy atom. The number of carbonyl (C=O) groups is 2. The van der Waals surface area contributed by atoms with Crippen molar-refractivity contribution in [1.82, 2.24) is 0 Å². The van der Waals surface area contributed by atoms with E-state index in [4.69, 9.17) is 5.73 Å². The first-order valence-electron chi connectivity index (χ1n) is 3.70. The van der Waals surface area contributed by atoms with Gasteiger partial charge in [0.25, 0.3) is 0 Å². The van der Waals surface area contributed by atoms with Gasteiger partial charge in [0.1, 0.15) is 0 Å². The fraction of sp³-hybridized carbons (Fsp3) is 0.500. The van der Waals surface area contributed by atoms with Gasteiger partial charge in [-0.15, -0.1) is 0 Å². The van der Waals surface area contributed by atoms with Gasteiger partial charge in [-0.05, 0) is 6.42 Å². The predicted molar refractivity (Wildman–Crippen MR) is 41.9 cm³/mol. The van der Waals surface area contributed by atoms with Crippen molar-refractivity contribution < 1.29 is 14.3 Å². The second kappa shape index (κ2) is 3.38. The number of primary amides is 1. The Morgan fingerprint density at radius 3 is 2.42 bits per heavy atom. The molecular weight excluding hydrogens is 158 g/mol. The van der Waals surface area contributed by atoms with Gasteiger partial charge in [0.05, 0.1) is 18.9 Å². The molecule has 0 heterocycles. The van der Waals surface area contributed by atoms with Crippen LogP contribution in [0.15, 0.2) is 12.2 Å². The molecule has 1 rings (SSSR count). The van der Waals surface area contributed by atoms with Crippen molar-refractivity contribution in [2.75, 3.05) is 7.11 Å². The highest BCUT2D eigenvalue weighted by Gasteiger charge is 2.28. The summed E-state index contributed by atoms with van der Waals surface area (Å²) in [6.07, 6.45) is 3.77. The van der Waals surface area contributed by atoms with Gasteiger partial charge in [-0.25, -0.2) is 0 Å². The number of hydrogen-bond acceptors (Lipinski definition) is 3. The highest BCUT2D eigenvalue weighted by molar-refractivity contribution is 5.82. The lowest BCUT2D eigenvalue weighted by molar-refractivity contribution is -0.143. The van der Waals surface area contributed by atoms with E-state index < -0.39 is 5.91 Å². The van der Waals surface area contributed by atoms with Crippen molar-refractivity contribution in [3.05, 3.63) is 12.2 Å². The molecule has 66 valence electrons. The molecular formula is C8H11NO3. The Hall–Kier alpha value is -1.32. The highest BCUT2D eigenvalue weighted by Crippen LogP contribution is 2.23. The monoisotopic (exact) mass is 169 g/mol. The van der Waals surface area contributed by atoms with Gasteiger partial charge in [-0.3, -0.25) is 9.59 Å². The smallest absolute Gasteiger partial charge is 0.312 e. The molecule has 1 aliphatic rings. The van der Waals surface area contributed by atoms with E-state index in [-0.39, 0.29) is 17.8 Å². The minimum atomic E-state index is -0.391. The molecule has 0 saturated heterocycles. The first-order valence-corrected chi connectivity index (χ1v) is 3.70. The molecule has 4 heteroatoms. The quantitative estimate of drug-likeness (QED) is 0.461. The Balaban J connectivity index is 2.53. The summed E-state index contributed by atoms with van der Waals surface area (Å²) < 4.78 is 4.52. The standard InChI is InChI=1S/C8H11NO3/c1-12-8(11)6-3-2-5(4-6)7(9)10/h2-3,5-6H,4H2,1H3,(H2,9,10)/t5-,6+/m1/s1. The maximum atomic E-state index is 11.0. The van der Waals surface area contributed by atoms with Crippen LogP contribution in [0.1, 0.15) is 6.42 Å². The number of esters is 1. The molecule has 0 aliphatic heterocycles. The Kier molecular flexibility index (Phi) is 2.47. The Bertz CT molecular complexity index is 234. The van der Waals surface area contributed by atoms with Crippen LogP contribution in [0.25, 0.3) is 0 Å². The zero-order valence-corrected chi connectivity index (χ0v) is 6.82.